The summed E-state index contributed by atoms with van der Waals surface area (Å²) in [4.78, 5) is 4.16. The third-order valence-corrected chi connectivity index (χ3v) is 4.91. The summed E-state index contributed by atoms with van der Waals surface area (Å²) in [5.41, 5.74) is 0. The number of imidazole rings is 1. The molecule has 7 heteroatoms. The zero-order chi connectivity index (χ0) is 14.4. The number of aryl methyl sites for hydroxylation is 1. The highest BCUT2D eigenvalue weighted by Crippen LogP contribution is 2.18. The minimum absolute atomic E-state index is 0.208. The summed E-state index contributed by atoms with van der Waals surface area (Å²) in [6.07, 6.45) is 8.35. The van der Waals surface area contributed by atoms with E-state index in [1.54, 1.807) is 6.20 Å². The van der Waals surface area contributed by atoms with Crippen LogP contribution < -0.4 is 10.0 Å². The lowest BCUT2D eigenvalue weighted by Gasteiger charge is -2.07. The van der Waals surface area contributed by atoms with E-state index in [-0.39, 0.29) is 5.75 Å². The molecule has 20 heavy (non-hydrogen) atoms. The van der Waals surface area contributed by atoms with Crippen LogP contribution in [0.5, 0.6) is 0 Å². The fourth-order valence-corrected chi connectivity index (χ4v) is 3.18. The van der Waals surface area contributed by atoms with E-state index in [0.29, 0.717) is 25.4 Å². The van der Waals surface area contributed by atoms with Gasteiger partial charge in [-0.1, -0.05) is 0 Å². The molecule has 6 nitrogen and oxygen atoms in total. The fraction of sp³-hybridized carbons (Fsp3) is 0.769. The van der Waals surface area contributed by atoms with E-state index in [1.165, 1.54) is 12.8 Å². The van der Waals surface area contributed by atoms with E-state index >= 15 is 0 Å². The molecule has 1 fully saturated rings. The molecule has 1 aliphatic rings. The largest absolute Gasteiger partial charge is 0.338 e. The molecule has 1 saturated carbocycles. The maximum atomic E-state index is 11.8. The van der Waals surface area contributed by atoms with Gasteiger partial charge in [0.25, 0.3) is 0 Å². The monoisotopic (exact) mass is 300 g/mol. The first-order chi connectivity index (χ1) is 9.57. The number of rotatable bonds is 10. The van der Waals surface area contributed by atoms with Gasteiger partial charge in [0.1, 0.15) is 5.82 Å². The van der Waals surface area contributed by atoms with Crippen LogP contribution in [0.2, 0.25) is 0 Å². The minimum Gasteiger partial charge on any atom is -0.338 e. The van der Waals surface area contributed by atoms with Crippen LogP contribution in [0.25, 0.3) is 0 Å². The first kappa shape index (κ1) is 15.5. The summed E-state index contributed by atoms with van der Waals surface area (Å²) < 4.78 is 28.1. The molecule has 2 N–H and O–H groups in total. The van der Waals surface area contributed by atoms with Crippen molar-refractivity contribution < 1.29 is 8.42 Å². The van der Waals surface area contributed by atoms with Gasteiger partial charge < -0.3 is 9.88 Å². The van der Waals surface area contributed by atoms with Crippen molar-refractivity contribution >= 4 is 10.0 Å². The SMILES string of the molecule is Cn1ccnc1CCNS(=O)(=O)CCCCNC1CC1. The van der Waals surface area contributed by atoms with Crippen LogP contribution >= 0.6 is 0 Å². The molecular weight excluding hydrogens is 276 g/mol. The number of nitrogens with one attached hydrogen (secondary N) is 2. The van der Waals surface area contributed by atoms with Gasteiger partial charge >= 0.3 is 0 Å². The molecule has 0 saturated heterocycles. The quantitative estimate of drug-likeness (QED) is 0.614. The summed E-state index contributed by atoms with van der Waals surface area (Å²) in [6, 6.07) is 0.697. The minimum atomic E-state index is -3.15. The molecule has 0 radical (unpaired) electrons. The first-order valence-electron chi connectivity index (χ1n) is 7.24. The van der Waals surface area contributed by atoms with Crippen molar-refractivity contribution in [1.82, 2.24) is 19.6 Å². The third kappa shape index (κ3) is 5.60. The van der Waals surface area contributed by atoms with E-state index in [0.717, 1.165) is 18.8 Å². The maximum Gasteiger partial charge on any atom is 0.211 e. The second-order valence-electron chi connectivity index (χ2n) is 5.35. The molecule has 0 amide bonds. The molecule has 0 aliphatic heterocycles. The lowest BCUT2D eigenvalue weighted by molar-refractivity contribution is 0.571. The number of hydrogen-bond donors (Lipinski definition) is 2. The Hall–Kier alpha value is -0.920. The molecule has 2 rings (SSSR count). The number of aromatic nitrogens is 2. The van der Waals surface area contributed by atoms with Gasteiger partial charge in [0.15, 0.2) is 0 Å². The van der Waals surface area contributed by atoms with Crippen molar-refractivity contribution in [3.63, 3.8) is 0 Å². The number of hydrogen-bond acceptors (Lipinski definition) is 4. The average molecular weight is 300 g/mol. The summed E-state index contributed by atoms with van der Waals surface area (Å²) in [6.45, 7) is 1.33. The highest BCUT2D eigenvalue weighted by molar-refractivity contribution is 7.89. The molecule has 0 aromatic carbocycles. The Morgan fingerprint density at radius 2 is 2.15 bits per heavy atom. The van der Waals surface area contributed by atoms with Gasteiger partial charge in [0.05, 0.1) is 5.75 Å². The van der Waals surface area contributed by atoms with Crippen molar-refractivity contribution in [2.75, 3.05) is 18.8 Å². The van der Waals surface area contributed by atoms with Gasteiger partial charge in [0.2, 0.25) is 10.0 Å². The molecule has 0 spiro atoms. The highest BCUT2D eigenvalue weighted by Gasteiger charge is 2.19. The van der Waals surface area contributed by atoms with Crippen LogP contribution in [-0.4, -0.2) is 42.9 Å². The summed E-state index contributed by atoms with van der Waals surface area (Å²) in [5.74, 6) is 1.10. The average Bonchev–Trinajstić information content (AvgIpc) is 3.12. The number of nitrogens with zero attached hydrogens (tertiary/aromatic N) is 2. The van der Waals surface area contributed by atoms with Gasteiger partial charge in [-0.3, -0.25) is 0 Å². The van der Waals surface area contributed by atoms with E-state index in [4.69, 9.17) is 0 Å². The van der Waals surface area contributed by atoms with Crippen LogP contribution in [0, 0.1) is 0 Å². The fourth-order valence-electron chi connectivity index (χ4n) is 2.04. The van der Waals surface area contributed by atoms with Crippen molar-refractivity contribution in [1.29, 1.82) is 0 Å². The predicted octanol–water partition coefficient (Wildman–Crippen LogP) is 0.414. The lowest BCUT2D eigenvalue weighted by Crippen LogP contribution is -2.29. The predicted molar refractivity (Wildman–Crippen MR) is 79.0 cm³/mol. The highest BCUT2D eigenvalue weighted by atomic mass is 32.2. The van der Waals surface area contributed by atoms with Crippen LogP contribution in [-0.2, 0) is 23.5 Å². The van der Waals surface area contributed by atoms with Gasteiger partial charge in [-0.25, -0.2) is 18.1 Å². The van der Waals surface area contributed by atoms with Crippen molar-refractivity contribution in [3.05, 3.63) is 18.2 Å². The Kier molecular flexibility index (Phi) is 5.56. The third-order valence-electron chi connectivity index (χ3n) is 3.44. The smallest absolute Gasteiger partial charge is 0.211 e. The summed E-state index contributed by atoms with van der Waals surface area (Å²) in [7, 11) is -1.24. The van der Waals surface area contributed by atoms with E-state index < -0.39 is 10.0 Å². The second kappa shape index (κ2) is 7.19. The van der Waals surface area contributed by atoms with Crippen LogP contribution in [0.4, 0.5) is 0 Å². The Morgan fingerprint density at radius 3 is 2.80 bits per heavy atom. The molecule has 1 aliphatic carbocycles. The topological polar surface area (TPSA) is 76.0 Å². The van der Waals surface area contributed by atoms with Gasteiger partial charge in [-0.15, -0.1) is 0 Å². The van der Waals surface area contributed by atoms with Gasteiger partial charge in [0, 0.05) is 38.4 Å². The second-order valence-corrected chi connectivity index (χ2v) is 7.28. The van der Waals surface area contributed by atoms with Crippen LogP contribution in [0.1, 0.15) is 31.5 Å². The molecule has 114 valence electrons. The number of sulfonamides is 1. The zero-order valence-corrected chi connectivity index (χ0v) is 12.8. The Balaban J connectivity index is 1.56. The van der Waals surface area contributed by atoms with Crippen LogP contribution in [0.15, 0.2) is 12.4 Å². The van der Waals surface area contributed by atoms with E-state index in [2.05, 4.69) is 15.0 Å². The van der Waals surface area contributed by atoms with Gasteiger partial charge in [-0.05, 0) is 32.2 Å². The molecule has 1 aromatic heterocycles. The summed E-state index contributed by atoms with van der Waals surface area (Å²) >= 11 is 0. The molecule has 0 unspecified atom stereocenters. The van der Waals surface area contributed by atoms with E-state index in [1.807, 2.05) is 17.8 Å². The van der Waals surface area contributed by atoms with E-state index in [9.17, 15) is 8.42 Å². The van der Waals surface area contributed by atoms with Crippen molar-refractivity contribution in [2.24, 2.45) is 7.05 Å². The molecule has 0 atom stereocenters. The Labute approximate surface area is 121 Å². The van der Waals surface area contributed by atoms with Crippen molar-refractivity contribution in [3.8, 4) is 0 Å². The molecule has 1 heterocycles. The standard InChI is InChI=1S/C13H24N4O2S/c1-17-10-9-15-13(17)6-8-16-20(18,19)11-3-2-7-14-12-4-5-12/h9-10,12,14,16H,2-8,11H2,1H3. The lowest BCUT2D eigenvalue weighted by atomic mass is 10.3. The first-order valence-corrected chi connectivity index (χ1v) is 8.89. The number of unbranched alkanes of at least 4 members (excludes halogenated alkanes) is 1. The zero-order valence-electron chi connectivity index (χ0n) is 12.0. The normalized spacial score (nSPS) is 15.7. The molecule has 0 bridgehead atoms. The molecular formula is C13H24N4O2S. The molecule has 1 aromatic rings. The Morgan fingerprint density at radius 1 is 1.35 bits per heavy atom. The van der Waals surface area contributed by atoms with Crippen molar-refractivity contribution in [2.45, 2.75) is 38.1 Å². The van der Waals surface area contributed by atoms with Gasteiger partial charge in [-0.2, -0.15) is 0 Å². The maximum absolute atomic E-state index is 11.8. The summed E-state index contributed by atoms with van der Waals surface area (Å²) in [5, 5.41) is 3.38. The van der Waals surface area contributed by atoms with Crippen LogP contribution in [0.3, 0.4) is 0 Å². The Bertz CT molecular complexity index is 508.